The summed E-state index contributed by atoms with van der Waals surface area (Å²) in [5.41, 5.74) is 7.63. The highest BCUT2D eigenvalue weighted by atomic mass is 15.2. The van der Waals surface area contributed by atoms with E-state index in [-0.39, 0.29) is 5.54 Å². The van der Waals surface area contributed by atoms with E-state index in [9.17, 15) is 0 Å². The molecule has 2 N–H and O–H groups in total. The van der Waals surface area contributed by atoms with Crippen molar-refractivity contribution in [2.45, 2.75) is 76.7 Å². The van der Waals surface area contributed by atoms with Crippen molar-refractivity contribution in [2.75, 3.05) is 5.73 Å². The monoisotopic (exact) mass is 247 g/mol. The number of anilines is 1. The van der Waals surface area contributed by atoms with Crippen LogP contribution >= 0.6 is 0 Å². The SMILES string of the molecule is CC(C)(C)n1c(C2CCCC2)nc(C2CC2)c1N. The fourth-order valence-electron chi connectivity index (χ4n) is 3.29. The summed E-state index contributed by atoms with van der Waals surface area (Å²) >= 11 is 0. The predicted molar refractivity (Wildman–Crippen MR) is 74.8 cm³/mol. The van der Waals surface area contributed by atoms with Crippen LogP contribution in [-0.2, 0) is 5.54 Å². The number of hydrogen-bond acceptors (Lipinski definition) is 2. The van der Waals surface area contributed by atoms with E-state index < -0.39 is 0 Å². The Labute approximate surface area is 110 Å². The maximum absolute atomic E-state index is 6.40. The second-order valence-electron chi connectivity index (χ2n) is 7.00. The summed E-state index contributed by atoms with van der Waals surface area (Å²) in [6, 6.07) is 0. The van der Waals surface area contributed by atoms with Crippen LogP contribution in [0.2, 0.25) is 0 Å². The van der Waals surface area contributed by atoms with Crippen LogP contribution in [0.25, 0.3) is 0 Å². The molecule has 18 heavy (non-hydrogen) atoms. The summed E-state index contributed by atoms with van der Waals surface area (Å²) in [6.45, 7) is 6.71. The second-order valence-corrected chi connectivity index (χ2v) is 7.00. The van der Waals surface area contributed by atoms with Crippen LogP contribution in [0, 0.1) is 0 Å². The third-order valence-electron chi connectivity index (χ3n) is 4.32. The summed E-state index contributed by atoms with van der Waals surface area (Å²) in [6.07, 6.45) is 7.82. The van der Waals surface area contributed by atoms with Gasteiger partial charge in [-0.25, -0.2) is 4.98 Å². The first-order chi connectivity index (χ1) is 8.48. The zero-order chi connectivity index (χ0) is 12.9. The van der Waals surface area contributed by atoms with E-state index in [2.05, 4.69) is 25.3 Å². The van der Waals surface area contributed by atoms with E-state index in [0.717, 1.165) is 5.82 Å². The molecule has 1 aromatic rings. The average Bonchev–Trinajstić information content (AvgIpc) is 2.85. The topological polar surface area (TPSA) is 43.8 Å². The van der Waals surface area contributed by atoms with Crippen molar-refractivity contribution < 1.29 is 0 Å². The first-order valence-corrected chi connectivity index (χ1v) is 7.37. The van der Waals surface area contributed by atoms with Gasteiger partial charge in [0.05, 0.1) is 5.69 Å². The fourth-order valence-corrected chi connectivity index (χ4v) is 3.29. The molecule has 2 aliphatic rings. The van der Waals surface area contributed by atoms with Gasteiger partial charge in [-0.05, 0) is 46.5 Å². The highest BCUT2D eigenvalue weighted by Gasteiger charge is 2.35. The molecular weight excluding hydrogens is 222 g/mol. The van der Waals surface area contributed by atoms with Crippen molar-refractivity contribution in [2.24, 2.45) is 0 Å². The van der Waals surface area contributed by atoms with Gasteiger partial charge in [0.2, 0.25) is 0 Å². The molecule has 2 saturated carbocycles. The number of imidazole rings is 1. The van der Waals surface area contributed by atoms with Crippen LogP contribution in [0.3, 0.4) is 0 Å². The largest absolute Gasteiger partial charge is 0.384 e. The Bertz CT molecular complexity index is 443. The normalized spacial score (nSPS) is 21.7. The van der Waals surface area contributed by atoms with Gasteiger partial charge in [0.25, 0.3) is 0 Å². The van der Waals surface area contributed by atoms with Gasteiger partial charge in [0.1, 0.15) is 11.6 Å². The standard InChI is InChI=1S/C15H25N3/c1-15(2,3)18-13(16)12(10-8-9-10)17-14(18)11-6-4-5-7-11/h10-11H,4-9,16H2,1-3H3. The quantitative estimate of drug-likeness (QED) is 0.864. The lowest BCUT2D eigenvalue weighted by Crippen LogP contribution is -2.26. The van der Waals surface area contributed by atoms with Gasteiger partial charge >= 0.3 is 0 Å². The Morgan fingerprint density at radius 2 is 1.67 bits per heavy atom. The van der Waals surface area contributed by atoms with Gasteiger partial charge in [0.15, 0.2) is 0 Å². The smallest absolute Gasteiger partial charge is 0.127 e. The summed E-state index contributed by atoms with van der Waals surface area (Å²) < 4.78 is 2.32. The van der Waals surface area contributed by atoms with E-state index in [1.807, 2.05) is 0 Å². The van der Waals surface area contributed by atoms with Crippen molar-refractivity contribution in [1.29, 1.82) is 0 Å². The second kappa shape index (κ2) is 4.01. The summed E-state index contributed by atoms with van der Waals surface area (Å²) in [5, 5.41) is 0. The molecular formula is C15H25N3. The lowest BCUT2D eigenvalue weighted by molar-refractivity contribution is 0.377. The van der Waals surface area contributed by atoms with Crippen molar-refractivity contribution >= 4 is 5.82 Å². The van der Waals surface area contributed by atoms with Crippen LogP contribution in [0.15, 0.2) is 0 Å². The van der Waals surface area contributed by atoms with Crippen molar-refractivity contribution in [3.8, 4) is 0 Å². The Kier molecular flexibility index (Phi) is 2.68. The molecule has 3 heteroatoms. The molecule has 0 unspecified atom stereocenters. The number of hydrogen-bond donors (Lipinski definition) is 1. The third kappa shape index (κ3) is 1.94. The molecule has 0 saturated heterocycles. The number of aromatic nitrogens is 2. The molecule has 0 atom stereocenters. The molecule has 0 aromatic carbocycles. The lowest BCUT2D eigenvalue weighted by Gasteiger charge is -2.27. The summed E-state index contributed by atoms with van der Waals surface area (Å²) in [7, 11) is 0. The van der Waals surface area contributed by atoms with Crippen molar-refractivity contribution in [3.05, 3.63) is 11.5 Å². The molecule has 2 fully saturated rings. The average molecular weight is 247 g/mol. The molecule has 1 heterocycles. The molecule has 0 aliphatic heterocycles. The van der Waals surface area contributed by atoms with Gasteiger partial charge < -0.3 is 10.3 Å². The van der Waals surface area contributed by atoms with E-state index in [4.69, 9.17) is 10.7 Å². The minimum Gasteiger partial charge on any atom is -0.384 e. The first kappa shape index (κ1) is 12.1. The Morgan fingerprint density at radius 1 is 1.06 bits per heavy atom. The zero-order valence-corrected chi connectivity index (χ0v) is 11.9. The van der Waals surface area contributed by atoms with Crippen molar-refractivity contribution in [1.82, 2.24) is 9.55 Å². The minimum absolute atomic E-state index is 0.0438. The molecule has 0 spiro atoms. The molecule has 100 valence electrons. The minimum atomic E-state index is 0.0438. The van der Waals surface area contributed by atoms with Gasteiger partial charge in [0, 0.05) is 17.4 Å². The Balaban J connectivity index is 2.07. The molecule has 0 radical (unpaired) electrons. The van der Waals surface area contributed by atoms with E-state index in [0.29, 0.717) is 11.8 Å². The first-order valence-electron chi connectivity index (χ1n) is 7.37. The van der Waals surface area contributed by atoms with Gasteiger partial charge in [-0.15, -0.1) is 0 Å². The third-order valence-corrected chi connectivity index (χ3v) is 4.32. The highest BCUT2D eigenvalue weighted by Crippen LogP contribution is 2.45. The van der Waals surface area contributed by atoms with E-state index in [1.54, 1.807) is 0 Å². The van der Waals surface area contributed by atoms with E-state index >= 15 is 0 Å². The fraction of sp³-hybridized carbons (Fsp3) is 0.800. The summed E-state index contributed by atoms with van der Waals surface area (Å²) in [4.78, 5) is 4.96. The molecule has 3 rings (SSSR count). The molecule has 0 bridgehead atoms. The highest BCUT2D eigenvalue weighted by molar-refractivity contribution is 5.44. The van der Waals surface area contributed by atoms with Crippen LogP contribution in [0.1, 0.15) is 82.7 Å². The van der Waals surface area contributed by atoms with Crippen LogP contribution in [0.5, 0.6) is 0 Å². The Hall–Kier alpha value is -0.990. The van der Waals surface area contributed by atoms with Crippen LogP contribution in [0.4, 0.5) is 5.82 Å². The molecule has 2 aliphatic carbocycles. The number of nitrogens with two attached hydrogens (primary N) is 1. The van der Waals surface area contributed by atoms with Gasteiger partial charge in [-0.2, -0.15) is 0 Å². The lowest BCUT2D eigenvalue weighted by atomic mass is 10.0. The van der Waals surface area contributed by atoms with Crippen LogP contribution in [-0.4, -0.2) is 9.55 Å². The number of rotatable bonds is 2. The maximum Gasteiger partial charge on any atom is 0.127 e. The molecule has 1 aromatic heterocycles. The van der Waals surface area contributed by atoms with Gasteiger partial charge in [-0.1, -0.05) is 12.8 Å². The number of nitrogen functional groups attached to an aromatic ring is 1. The number of nitrogens with zero attached hydrogens (tertiary/aromatic N) is 2. The van der Waals surface area contributed by atoms with Crippen molar-refractivity contribution in [3.63, 3.8) is 0 Å². The zero-order valence-electron chi connectivity index (χ0n) is 11.9. The maximum atomic E-state index is 6.40. The predicted octanol–water partition coefficient (Wildman–Crippen LogP) is 3.76. The van der Waals surface area contributed by atoms with Gasteiger partial charge in [-0.3, -0.25) is 0 Å². The van der Waals surface area contributed by atoms with E-state index in [1.165, 1.54) is 50.0 Å². The molecule has 0 amide bonds. The molecule has 3 nitrogen and oxygen atoms in total. The summed E-state index contributed by atoms with van der Waals surface area (Å²) in [5.74, 6) is 3.49. The Morgan fingerprint density at radius 3 is 2.17 bits per heavy atom. The van der Waals surface area contributed by atoms with Crippen LogP contribution < -0.4 is 5.73 Å².